The second-order valence-corrected chi connectivity index (χ2v) is 9.77. The number of rotatable bonds is 7. The van der Waals surface area contributed by atoms with E-state index in [-0.39, 0.29) is 42.0 Å². The van der Waals surface area contributed by atoms with Gasteiger partial charge in [0.1, 0.15) is 6.04 Å². The molecule has 2 unspecified atom stereocenters. The van der Waals surface area contributed by atoms with E-state index in [9.17, 15) is 19.7 Å². The van der Waals surface area contributed by atoms with Gasteiger partial charge < -0.3 is 38.4 Å². The van der Waals surface area contributed by atoms with Crippen LogP contribution in [0.5, 0.6) is 0 Å². The molecule has 39 heavy (non-hydrogen) atoms. The van der Waals surface area contributed by atoms with Gasteiger partial charge in [0, 0.05) is 24.9 Å². The second-order valence-electron chi connectivity index (χ2n) is 8.89. The number of carbonyl (C=O) groups is 2. The van der Waals surface area contributed by atoms with E-state index in [1.807, 2.05) is 48.5 Å². The third kappa shape index (κ3) is 9.06. The molecule has 2 aromatic rings. The molecular weight excluding hydrogens is 633 g/mol. The van der Waals surface area contributed by atoms with Gasteiger partial charge in [0.2, 0.25) is 5.04 Å². The monoisotopic (exact) mass is 667 g/mol. The van der Waals surface area contributed by atoms with Gasteiger partial charge in [0.05, 0.1) is 24.8 Å². The van der Waals surface area contributed by atoms with Crippen LogP contribution in [0.3, 0.4) is 0 Å². The zero-order valence-corrected chi connectivity index (χ0v) is 25.3. The van der Waals surface area contributed by atoms with Gasteiger partial charge in [-0.15, -0.1) is 0 Å². The number of nitro groups is 1. The highest BCUT2D eigenvalue weighted by Crippen LogP contribution is 2.30. The van der Waals surface area contributed by atoms with Crippen molar-refractivity contribution in [1.29, 1.82) is 0 Å². The minimum absolute atomic E-state index is 0. The highest BCUT2D eigenvalue weighted by molar-refractivity contribution is 8.13. The Labute approximate surface area is 250 Å². The molecule has 0 amide bonds. The number of halogens is 1. The summed E-state index contributed by atoms with van der Waals surface area (Å²) in [5, 5.41) is 12.0. The number of carbonyl (C=O) groups excluding carboxylic acids is 2. The molecule has 0 aromatic heterocycles. The lowest BCUT2D eigenvalue weighted by molar-refractivity contribution is -0.560. The van der Waals surface area contributed by atoms with E-state index in [1.54, 1.807) is 16.7 Å². The molecule has 9 nitrogen and oxygen atoms in total. The maximum atomic E-state index is 11.8. The van der Waals surface area contributed by atoms with Crippen LogP contribution in [-0.2, 0) is 32.2 Å². The van der Waals surface area contributed by atoms with Crippen LogP contribution in [0, 0.1) is 10.1 Å². The summed E-state index contributed by atoms with van der Waals surface area (Å²) in [6.45, 7) is 1.23. The molecule has 0 aliphatic carbocycles. The van der Waals surface area contributed by atoms with Crippen molar-refractivity contribution in [3.05, 3.63) is 93.8 Å². The van der Waals surface area contributed by atoms with Crippen LogP contribution in [0.2, 0.25) is 0 Å². The van der Waals surface area contributed by atoms with E-state index in [2.05, 4.69) is 23.0 Å². The van der Waals surface area contributed by atoms with Gasteiger partial charge in [-0.3, -0.25) is 10.1 Å². The van der Waals surface area contributed by atoms with E-state index in [4.69, 9.17) is 9.47 Å². The first-order valence-corrected chi connectivity index (χ1v) is 13.6. The number of ether oxygens (including phenoxy) is 2. The highest BCUT2D eigenvalue weighted by atomic mass is 127. The topological polar surface area (TPSA) is 102 Å². The van der Waals surface area contributed by atoms with Crippen molar-refractivity contribution >= 4 is 28.7 Å². The highest BCUT2D eigenvalue weighted by Gasteiger charge is 2.39. The molecule has 2 aromatic carbocycles. The average molecular weight is 668 g/mol. The second kappa shape index (κ2) is 16.2. The van der Waals surface area contributed by atoms with Crippen molar-refractivity contribution in [2.24, 2.45) is 0 Å². The first kappa shape index (κ1) is 32.3. The molecule has 4 rings (SSSR count). The lowest BCUT2D eigenvalue weighted by atomic mass is 10.2. The normalized spacial score (nSPS) is 19.2. The van der Waals surface area contributed by atoms with E-state index >= 15 is 0 Å². The number of hydrogen-bond acceptors (Lipinski definition) is 8. The minimum atomic E-state index is -0.479. The van der Waals surface area contributed by atoms with Gasteiger partial charge in [0.15, 0.2) is 6.54 Å². The van der Waals surface area contributed by atoms with Gasteiger partial charge in [-0.05, 0) is 24.7 Å². The largest absolute Gasteiger partial charge is 1.00 e. The molecule has 2 heterocycles. The number of benzene rings is 2. The molecular formula is C28H34IN3O6S. The van der Waals surface area contributed by atoms with Crippen LogP contribution in [0.15, 0.2) is 72.6 Å². The van der Waals surface area contributed by atoms with Gasteiger partial charge in [-0.1, -0.05) is 72.4 Å². The molecule has 0 bridgehead atoms. The fourth-order valence-corrected chi connectivity index (χ4v) is 5.48. The quantitative estimate of drug-likeness (QED) is 0.143. The van der Waals surface area contributed by atoms with E-state index in [1.165, 1.54) is 24.8 Å². The fourth-order valence-electron chi connectivity index (χ4n) is 4.73. The number of likely N-dealkylation sites (tertiary alicyclic amines) is 1. The summed E-state index contributed by atoms with van der Waals surface area (Å²) in [4.78, 5) is 35.5. The maximum absolute atomic E-state index is 11.8. The zero-order valence-electron chi connectivity index (χ0n) is 22.3. The molecule has 1 saturated heterocycles. The molecule has 0 radical (unpaired) electrons. The number of hydrogen-bond donors (Lipinski definition) is 0. The van der Waals surface area contributed by atoms with Gasteiger partial charge >= 0.3 is 11.9 Å². The Balaban J connectivity index is 0.000000268. The summed E-state index contributed by atoms with van der Waals surface area (Å²) in [5.41, 5.74) is 2.78. The average Bonchev–Trinajstić information content (AvgIpc) is 3.52. The first-order valence-electron chi connectivity index (χ1n) is 12.4. The molecule has 210 valence electrons. The van der Waals surface area contributed by atoms with Crippen molar-refractivity contribution in [1.82, 2.24) is 4.90 Å². The number of allylic oxidation sites excluding steroid dienone is 1. The Hall–Kier alpha value is -2.93. The molecule has 2 aliphatic heterocycles. The Morgan fingerprint density at radius 3 is 2.13 bits per heavy atom. The Kier molecular flexibility index (Phi) is 13.4. The van der Waals surface area contributed by atoms with Crippen molar-refractivity contribution in [2.45, 2.75) is 50.9 Å². The number of esters is 2. The summed E-state index contributed by atoms with van der Waals surface area (Å²) in [6, 6.07) is 19.2. The number of thioether (sulfide) groups is 1. The first-order chi connectivity index (χ1) is 18.4. The molecule has 0 N–H and O–H groups in total. The van der Waals surface area contributed by atoms with Crippen LogP contribution in [0.25, 0.3) is 0 Å². The standard InChI is InChI=1S/C14H16N2O4.C14H18NO2S.HI/c1-20-14(17)13-8-7-12(10-16(18)19)15(13)9-11-5-3-2-4-6-11;1-17-14(16)12-8-9-13(18-2)15(12)10-11-6-4-3-5-7-11;/h2-6,10,13H,7-9H2,1H3;3-7,12H,8-10H2,1-2H3;1H/q;+1;/p-1. The summed E-state index contributed by atoms with van der Waals surface area (Å²) in [6.07, 6.45) is 5.91. The molecule has 0 spiro atoms. The third-order valence-corrected chi connectivity index (χ3v) is 7.49. The lowest BCUT2D eigenvalue weighted by Crippen LogP contribution is -3.00. The predicted molar refractivity (Wildman–Crippen MR) is 146 cm³/mol. The van der Waals surface area contributed by atoms with Crippen LogP contribution >= 0.6 is 11.8 Å². The van der Waals surface area contributed by atoms with Crippen molar-refractivity contribution in [2.75, 3.05) is 20.5 Å². The van der Waals surface area contributed by atoms with Gasteiger partial charge in [-0.2, -0.15) is 0 Å². The maximum Gasteiger partial charge on any atom is 0.375 e. The summed E-state index contributed by atoms with van der Waals surface area (Å²) < 4.78 is 11.8. The Morgan fingerprint density at radius 2 is 1.59 bits per heavy atom. The van der Waals surface area contributed by atoms with Crippen LogP contribution in [-0.4, -0.2) is 63.9 Å². The third-order valence-electron chi connectivity index (χ3n) is 6.58. The number of methoxy groups -OCH3 is 2. The lowest BCUT2D eigenvalue weighted by Gasteiger charge is -2.25. The Bertz CT molecular complexity index is 1180. The summed E-state index contributed by atoms with van der Waals surface area (Å²) >= 11 is 1.73. The Morgan fingerprint density at radius 1 is 1.00 bits per heavy atom. The van der Waals surface area contributed by atoms with Crippen LogP contribution in [0.1, 0.15) is 36.8 Å². The molecule has 2 aliphatic rings. The molecule has 1 fully saturated rings. The molecule has 0 saturated carbocycles. The van der Waals surface area contributed by atoms with E-state index < -0.39 is 11.0 Å². The molecule has 11 heteroatoms. The predicted octanol–water partition coefficient (Wildman–Crippen LogP) is 1.24. The summed E-state index contributed by atoms with van der Waals surface area (Å²) in [5.74, 6) is -0.484. The molecule has 2 atom stereocenters. The smallest absolute Gasteiger partial charge is 0.375 e. The minimum Gasteiger partial charge on any atom is -1.00 e. The van der Waals surface area contributed by atoms with Gasteiger partial charge in [0.25, 0.3) is 12.2 Å². The summed E-state index contributed by atoms with van der Waals surface area (Å²) in [7, 11) is 2.79. The fraction of sp³-hybridized carbons (Fsp3) is 0.393. The van der Waals surface area contributed by atoms with Crippen molar-refractivity contribution in [3.8, 4) is 0 Å². The SMILES string of the molecule is COC(=O)C1CCC(=C[N+](=O)[O-])N1Cc1ccccc1.COC(=O)C1CCC(SC)=[N+]1Cc1ccccc1.[I-]. The van der Waals surface area contributed by atoms with Crippen molar-refractivity contribution in [3.63, 3.8) is 0 Å². The number of nitrogens with zero attached hydrogens (tertiary/aromatic N) is 3. The van der Waals surface area contributed by atoms with E-state index in [0.717, 1.165) is 31.1 Å². The zero-order chi connectivity index (χ0) is 27.5. The van der Waals surface area contributed by atoms with E-state index in [0.29, 0.717) is 25.1 Å². The van der Waals surface area contributed by atoms with Crippen LogP contribution in [0.4, 0.5) is 0 Å². The van der Waals surface area contributed by atoms with Gasteiger partial charge in [-0.25, -0.2) is 14.2 Å². The van der Waals surface area contributed by atoms with Crippen LogP contribution < -0.4 is 24.0 Å². The van der Waals surface area contributed by atoms with Crippen molar-refractivity contribution < 1.29 is 52.5 Å².